The molecule has 0 atom stereocenters. The highest BCUT2D eigenvalue weighted by Crippen LogP contribution is 2.19. The van der Waals surface area contributed by atoms with Crippen LogP contribution in [0.3, 0.4) is 0 Å². The number of hydrogen-bond acceptors (Lipinski definition) is 1. The van der Waals surface area contributed by atoms with E-state index in [0.29, 0.717) is 0 Å². The molecule has 0 aliphatic carbocycles. The predicted octanol–water partition coefficient (Wildman–Crippen LogP) is 3.41. The van der Waals surface area contributed by atoms with E-state index >= 15 is 0 Å². The van der Waals surface area contributed by atoms with Crippen LogP contribution in [-0.4, -0.2) is 4.98 Å². The molecule has 0 aliphatic rings. The van der Waals surface area contributed by atoms with E-state index in [1.165, 1.54) is 16.3 Å². The molecular weight excluding hydrogens is 170 g/mol. The van der Waals surface area contributed by atoms with Gasteiger partial charge in [-0.05, 0) is 37.3 Å². The van der Waals surface area contributed by atoms with E-state index < -0.39 is 0 Å². The van der Waals surface area contributed by atoms with Gasteiger partial charge in [-0.3, -0.25) is 4.98 Å². The van der Waals surface area contributed by atoms with E-state index in [1.54, 1.807) is 0 Å². The van der Waals surface area contributed by atoms with Gasteiger partial charge in [0.15, 0.2) is 0 Å². The fraction of sp³-hybridized carbons (Fsp3) is 0.308. The van der Waals surface area contributed by atoms with E-state index in [9.17, 15) is 0 Å². The molecule has 0 N–H and O–H groups in total. The Balaban J connectivity index is 2.75. The van der Waals surface area contributed by atoms with Gasteiger partial charge in [-0.25, -0.2) is 0 Å². The van der Waals surface area contributed by atoms with Crippen LogP contribution in [0.5, 0.6) is 0 Å². The minimum absolute atomic E-state index is 1.09. The van der Waals surface area contributed by atoms with Gasteiger partial charge < -0.3 is 0 Å². The topological polar surface area (TPSA) is 12.9 Å². The zero-order valence-electron chi connectivity index (χ0n) is 8.96. The standard InChI is InChI=1S/C13H15N/c1-4-11-5-6-13-10(3)14-9(2)7-12(13)8-11/h5-8H,4H2,1-3H3. The summed E-state index contributed by atoms with van der Waals surface area (Å²) in [6, 6.07) is 8.78. The molecule has 14 heavy (non-hydrogen) atoms. The number of aryl methyl sites for hydroxylation is 3. The van der Waals surface area contributed by atoms with Crippen molar-refractivity contribution in [3.05, 3.63) is 41.2 Å². The minimum Gasteiger partial charge on any atom is -0.258 e. The molecule has 1 heterocycles. The average Bonchev–Trinajstić information content (AvgIpc) is 2.16. The lowest BCUT2D eigenvalue weighted by Gasteiger charge is -2.05. The van der Waals surface area contributed by atoms with Gasteiger partial charge >= 0.3 is 0 Å². The molecule has 0 saturated heterocycles. The molecule has 2 rings (SSSR count). The van der Waals surface area contributed by atoms with Crippen molar-refractivity contribution in [3.63, 3.8) is 0 Å². The van der Waals surface area contributed by atoms with Gasteiger partial charge in [0.25, 0.3) is 0 Å². The lowest BCUT2D eigenvalue weighted by molar-refractivity contribution is 1.13. The maximum Gasteiger partial charge on any atom is 0.0454 e. The number of nitrogens with zero attached hydrogens (tertiary/aromatic N) is 1. The van der Waals surface area contributed by atoms with Crippen molar-refractivity contribution in [3.8, 4) is 0 Å². The second-order valence-corrected chi connectivity index (χ2v) is 3.76. The van der Waals surface area contributed by atoms with Gasteiger partial charge in [0, 0.05) is 16.8 Å². The number of aromatic nitrogens is 1. The van der Waals surface area contributed by atoms with Gasteiger partial charge in [-0.1, -0.05) is 25.1 Å². The van der Waals surface area contributed by atoms with Crippen LogP contribution in [0.15, 0.2) is 24.3 Å². The number of rotatable bonds is 1. The second-order valence-electron chi connectivity index (χ2n) is 3.76. The van der Waals surface area contributed by atoms with E-state index in [-0.39, 0.29) is 0 Å². The van der Waals surface area contributed by atoms with E-state index in [1.807, 2.05) is 6.92 Å². The first-order chi connectivity index (χ1) is 6.70. The van der Waals surface area contributed by atoms with E-state index in [4.69, 9.17) is 0 Å². The largest absolute Gasteiger partial charge is 0.258 e. The van der Waals surface area contributed by atoms with Crippen LogP contribution < -0.4 is 0 Å². The van der Waals surface area contributed by atoms with Crippen LogP contribution in [0, 0.1) is 13.8 Å². The number of hydrogen-bond donors (Lipinski definition) is 0. The highest BCUT2D eigenvalue weighted by molar-refractivity contribution is 5.85. The fourth-order valence-electron chi connectivity index (χ4n) is 1.86. The zero-order valence-corrected chi connectivity index (χ0v) is 8.96. The maximum absolute atomic E-state index is 4.46. The molecule has 0 radical (unpaired) electrons. The third kappa shape index (κ3) is 1.50. The summed E-state index contributed by atoms with van der Waals surface area (Å²) in [6.45, 7) is 6.30. The highest BCUT2D eigenvalue weighted by Gasteiger charge is 2.00. The summed E-state index contributed by atoms with van der Waals surface area (Å²) < 4.78 is 0. The molecule has 72 valence electrons. The predicted molar refractivity (Wildman–Crippen MR) is 60.6 cm³/mol. The van der Waals surface area contributed by atoms with Crippen molar-refractivity contribution >= 4 is 10.8 Å². The summed E-state index contributed by atoms with van der Waals surface area (Å²) >= 11 is 0. The Bertz CT molecular complexity index is 472. The SMILES string of the molecule is CCc1ccc2c(C)nc(C)cc2c1. The van der Waals surface area contributed by atoms with Crippen molar-refractivity contribution in [2.24, 2.45) is 0 Å². The number of fused-ring (bicyclic) bond motifs is 1. The lowest BCUT2D eigenvalue weighted by atomic mass is 10.0. The molecule has 1 aromatic heterocycles. The molecule has 0 saturated carbocycles. The van der Waals surface area contributed by atoms with Crippen LogP contribution in [0.2, 0.25) is 0 Å². The minimum atomic E-state index is 1.09. The summed E-state index contributed by atoms with van der Waals surface area (Å²) in [5.74, 6) is 0. The zero-order chi connectivity index (χ0) is 10.1. The maximum atomic E-state index is 4.46. The van der Waals surface area contributed by atoms with Crippen molar-refractivity contribution in [2.45, 2.75) is 27.2 Å². The molecule has 0 bridgehead atoms. The van der Waals surface area contributed by atoms with Crippen LogP contribution in [-0.2, 0) is 6.42 Å². The third-order valence-corrected chi connectivity index (χ3v) is 2.62. The van der Waals surface area contributed by atoms with Gasteiger partial charge in [-0.15, -0.1) is 0 Å². The first-order valence-electron chi connectivity index (χ1n) is 5.07. The first-order valence-corrected chi connectivity index (χ1v) is 5.07. The molecule has 0 unspecified atom stereocenters. The molecule has 2 aromatic rings. The Kier molecular flexibility index (Phi) is 2.24. The first kappa shape index (κ1) is 9.20. The average molecular weight is 185 g/mol. The van der Waals surface area contributed by atoms with Gasteiger partial charge in [0.05, 0.1) is 0 Å². The normalized spacial score (nSPS) is 10.8. The lowest BCUT2D eigenvalue weighted by Crippen LogP contribution is -1.89. The number of pyridine rings is 1. The monoisotopic (exact) mass is 185 g/mol. The molecule has 1 nitrogen and oxygen atoms in total. The van der Waals surface area contributed by atoms with Gasteiger partial charge in [0.1, 0.15) is 0 Å². The quantitative estimate of drug-likeness (QED) is 0.663. The highest BCUT2D eigenvalue weighted by atomic mass is 14.7. The van der Waals surface area contributed by atoms with Crippen LogP contribution in [0.1, 0.15) is 23.9 Å². The summed E-state index contributed by atoms with van der Waals surface area (Å²) in [5.41, 5.74) is 3.62. The Hall–Kier alpha value is -1.37. The van der Waals surface area contributed by atoms with Crippen molar-refractivity contribution in [1.29, 1.82) is 0 Å². The molecule has 1 heteroatoms. The molecule has 0 fully saturated rings. The molecule has 0 spiro atoms. The molecule has 1 aromatic carbocycles. The van der Waals surface area contributed by atoms with Crippen LogP contribution in [0.25, 0.3) is 10.8 Å². The van der Waals surface area contributed by atoms with E-state index in [2.05, 4.69) is 43.1 Å². The van der Waals surface area contributed by atoms with Crippen LogP contribution in [0.4, 0.5) is 0 Å². The Morgan fingerprint density at radius 3 is 2.64 bits per heavy atom. The molecular formula is C13H15N. The van der Waals surface area contributed by atoms with Crippen molar-refractivity contribution in [1.82, 2.24) is 4.98 Å². The van der Waals surface area contributed by atoms with E-state index in [0.717, 1.165) is 17.8 Å². The second kappa shape index (κ2) is 3.41. The third-order valence-electron chi connectivity index (χ3n) is 2.62. The summed E-state index contributed by atoms with van der Waals surface area (Å²) in [6.07, 6.45) is 1.09. The van der Waals surface area contributed by atoms with Crippen molar-refractivity contribution in [2.75, 3.05) is 0 Å². The smallest absolute Gasteiger partial charge is 0.0454 e. The summed E-state index contributed by atoms with van der Waals surface area (Å²) in [4.78, 5) is 4.46. The Morgan fingerprint density at radius 2 is 1.93 bits per heavy atom. The number of benzene rings is 1. The summed E-state index contributed by atoms with van der Waals surface area (Å²) in [5, 5.41) is 2.59. The summed E-state index contributed by atoms with van der Waals surface area (Å²) in [7, 11) is 0. The molecule has 0 aliphatic heterocycles. The Morgan fingerprint density at radius 1 is 1.14 bits per heavy atom. The van der Waals surface area contributed by atoms with Gasteiger partial charge in [0.2, 0.25) is 0 Å². The van der Waals surface area contributed by atoms with Gasteiger partial charge in [-0.2, -0.15) is 0 Å². The fourth-order valence-corrected chi connectivity index (χ4v) is 1.86. The Labute approximate surface area is 84.8 Å². The van der Waals surface area contributed by atoms with Crippen molar-refractivity contribution < 1.29 is 0 Å². The van der Waals surface area contributed by atoms with Crippen LogP contribution >= 0.6 is 0 Å². The molecule has 0 amide bonds.